The second-order valence-electron chi connectivity index (χ2n) is 4.39. The minimum Gasteiger partial charge on any atom is -0.463 e. The lowest BCUT2D eigenvalue weighted by atomic mass is 9.88. The molecule has 0 radical (unpaired) electrons. The third-order valence-electron chi connectivity index (χ3n) is 3.20. The maximum absolute atomic E-state index is 11.3. The van der Waals surface area contributed by atoms with Crippen LogP contribution in [0.4, 0.5) is 0 Å². The number of esters is 1. The summed E-state index contributed by atoms with van der Waals surface area (Å²) in [5.41, 5.74) is 3.62. The van der Waals surface area contributed by atoms with Gasteiger partial charge >= 0.3 is 5.97 Å². The van der Waals surface area contributed by atoms with Gasteiger partial charge in [0.1, 0.15) is 0 Å². The lowest BCUT2D eigenvalue weighted by molar-refractivity contribution is -0.137. The molecule has 0 heterocycles. The molecule has 0 saturated heterocycles. The third-order valence-corrected chi connectivity index (χ3v) is 3.55. The average molecular weight is 265 g/mol. The molecular weight excluding hydrogens is 248 g/mol. The predicted octanol–water partition coefficient (Wildman–Crippen LogP) is 3.80. The molecule has 1 aromatic carbocycles. The van der Waals surface area contributed by atoms with Gasteiger partial charge in [-0.15, -0.1) is 0 Å². The Bertz CT molecular complexity index is 478. The van der Waals surface area contributed by atoms with E-state index in [9.17, 15) is 4.79 Å². The highest BCUT2D eigenvalue weighted by atomic mass is 35.5. The van der Waals surface area contributed by atoms with E-state index in [0.717, 1.165) is 23.4 Å². The first-order chi connectivity index (χ1) is 8.72. The molecule has 0 N–H and O–H groups in total. The van der Waals surface area contributed by atoms with E-state index in [2.05, 4.69) is 0 Å². The molecule has 0 unspecified atom stereocenters. The van der Waals surface area contributed by atoms with E-state index in [4.69, 9.17) is 16.3 Å². The summed E-state index contributed by atoms with van der Waals surface area (Å²) < 4.78 is 4.88. The van der Waals surface area contributed by atoms with Crippen LogP contribution in [0.5, 0.6) is 0 Å². The SMILES string of the molecule is CCOC(=O)C=Cc1ccc(Cl)c2c1CCCC2. The van der Waals surface area contributed by atoms with Crippen LogP contribution in [0.1, 0.15) is 36.5 Å². The fourth-order valence-corrected chi connectivity index (χ4v) is 2.63. The van der Waals surface area contributed by atoms with Crippen molar-refractivity contribution in [3.63, 3.8) is 0 Å². The molecule has 0 saturated carbocycles. The smallest absolute Gasteiger partial charge is 0.330 e. The second kappa shape index (κ2) is 6.05. The van der Waals surface area contributed by atoms with Crippen molar-refractivity contribution < 1.29 is 9.53 Å². The van der Waals surface area contributed by atoms with Gasteiger partial charge in [-0.1, -0.05) is 17.7 Å². The standard InChI is InChI=1S/C15H17ClO2/c1-2-18-15(17)10-8-11-7-9-14(16)13-6-4-3-5-12(11)13/h7-10H,2-6H2,1H3. The molecule has 18 heavy (non-hydrogen) atoms. The number of hydrogen-bond donors (Lipinski definition) is 0. The Kier molecular flexibility index (Phi) is 4.43. The molecule has 1 aliphatic rings. The second-order valence-corrected chi connectivity index (χ2v) is 4.79. The van der Waals surface area contributed by atoms with E-state index in [1.54, 1.807) is 6.92 Å². The molecule has 0 bridgehead atoms. The van der Waals surface area contributed by atoms with Crippen LogP contribution in [0, 0.1) is 0 Å². The van der Waals surface area contributed by atoms with Crippen LogP contribution in [-0.2, 0) is 22.4 Å². The van der Waals surface area contributed by atoms with Crippen LogP contribution in [0.2, 0.25) is 5.02 Å². The lowest BCUT2D eigenvalue weighted by Crippen LogP contribution is -2.05. The lowest BCUT2D eigenvalue weighted by Gasteiger charge is -2.19. The molecule has 1 aliphatic carbocycles. The fraction of sp³-hybridized carbons (Fsp3) is 0.400. The van der Waals surface area contributed by atoms with Crippen LogP contribution in [0.15, 0.2) is 18.2 Å². The van der Waals surface area contributed by atoms with Crippen molar-refractivity contribution in [1.29, 1.82) is 0 Å². The highest BCUT2D eigenvalue weighted by molar-refractivity contribution is 6.31. The van der Waals surface area contributed by atoms with Gasteiger partial charge in [-0.25, -0.2) is 4.79 Å². The Morgan fingerprint density at radius 1 is 1.33 bits per heavy atom. The van der Waals surface area contributed by atoms with Crippen LogP contribution in [-0.4, -0.2) is 12.6 Å². The summed E-state index contributed by atoms with van der Waals surface area (Å²) in [5, 5.41) is 0.845. The number of hydrogen-bond acceptors (Lipinski definition) is 2. The van der Waals surface area contributed by atoms with Gasteiger partial charge in [0.15, 0.2) is 0 Å². The number of rotatable bonds is 3. The van der Waals surface area contributed by atoms with Gasteiger partial charge in [0.05, 0.1) is 6.61 Å². The van der Waals surface area contributed by atoms with Crippen molar-refractivity contribution in [2.45, 2.75) is 32.6 Å². The van der Waals surface area contributed by atoms with Gasteiger partial charge in [0.2, 0.25) is 0 Å². The van der Waals surface area contributed by atoms with E-state index < -0.39 is 0 Å². The number of carbonyl (C=O) groups excluding carboxylic acids is 1. The Balaban J connectivity index is 2.26. The van der Waals surface area contributed by atoms with Crippen LogP contribution in [0.25, 0.3) is 6.08 Å². The van der Waals surface area contributed by atoms with Gasteiger partial charge in [-0.05, 0) is 61.4 Å². The minimum atomic E-state index is -0.294. The van der Waals surface area contributed by atoms with Gasteiger partial charge in [0.25, 0.3) is 0 Å². The normalized spacial score (nSPS) is 14.6. The van der Waals surface area contributed by atoms with Crippen LogP contribution in [0.3, 0.4) is 0 Å². The Labute approximate surface area is 113 Å². The highest BCUT2D eigenvalue weighted by Crippen LogP contribution is 2.31. The van der Waals surface area contributed by atoms with Crippen LogP contribution < -0.4 is 0 Å². The van der Waals surface area contributed by atoms with Crippen molar-refractivity contribution in [2.24, 2.45) is 0 Å². The monoisotopic (exact) mass is 264 g/mol. The van der Waals surface area contributed by atoms with Crippen molar-refractivity contribution in [3.8, 4) is 0 Å². The van der Waals surface area contributed by atoms with Crippen molar-refractivity contribution >= 4 is 23.6 Å². The van der Waals surface area contributed by atoms with Gasteiger partial charge in [-0.3, -0.25) is 0 Å². The van der Waals surface area contributed by atoms with Gasteiger partial charge in [-0.2, -0.15) is 0 Å². The number of ether oxygens (including phenoxy) is 1. The van der Waals surface area contributed by atoms with E-state index in [1.807, 2.05) is 18.2 Å². The minimum absolute atomic E-state index is 0.294. The molecule has 0 amide bonds. The van der Waals surface area contributed by atoms with E-state index >= 15 is 0 Å². The number of carbonyl (C=O) groups is 1. The topological polar surface area (TPSA) is 26.3 Å². The Morgan fingerprint density at radius 3 is 2.78 bits per heavy atom. The molecule has 2 rings (SSSR count). The maximum Gasteiger partial charge on any atom is 0.330 e. The number of fused-ring (bicyclic) bond motifs is 1. The zero-order chi connectivity index (χ0) is 13.0. The molecule has 0 atom stereocenters. The first-order valence-electron chi connectivity index (χ1n) is 6.37. The summed E-state index contributed by atoms with van der Waals surface area (Å²) in [7, 11) is 0. The van der Waals surface area contributed by atoms with Gasteiger partial charge < -0.3 is 4.74 Å². The predicted molar refractivity (Wildman–Crippen MR) is 73.8 cm³/mol. The molecule has 0 fully saturated rings. The third kappa shape index (κ3) is 2.94. The summed E-state index contributed by atoms with van der Waals surface area (Å²) >= 11 is 6.21. The summed E-state index contributed by atoms with van der Waals surface area (Å²) in [5.74, 6) is -0.294. The zero-order valence-electron chi connectivity index (χ0n) is 10.5. The average Bonchev–Trinajstić information content (AvgIpc) is 2.39. The highest BCUT2D eigenvalue weighted by Gasteiger charge is 2.15. The molecular formula is C15H17ClO2. The van der Waals surface area contributed by atoms with Crippen molar-refractivity contribution in [1.82, 2.24) is 0 Å². The molecule has 0 aromatic heterocycles. The van der Waals surface area contributed by atoms with E-state index in [1.165, 1.54) is 30.0 Å². The summed E-state index contributed by atoms with van der Waals surface area (Å²) in [6, 6.07) is 3.89. The fourth-order valence-electron chi connectivity index (χ4n) is 2.36. The number of benzene rings is 1. The van der Waals surface area contributed by atoms with Crippen LogP contribution >= 0.6 is 11.6 Å². The molecule has 2 nitrogen and oxygen atoms in total. The maximum atomic E-state index is 11.3. The van der Waals surface area contributed by atoms with Gasteiger partial charge in [0, 0.05) is 11.1 Å². The largest absolute Gasteiger partial charge is 0.463 e. The Morgan fingerprint density at radius 2 is 2.06 bits per heavy atom. The number of halogens is 1. The van der Waals surface area contributed by atoms with E-state index in [0.29, 0.717) is 6.61 Å². The molecule has 0 spiro atoms. The summed E-state index contributed by atoms with van der Waals surface area (Å²) in [6.45, 7) is 2.21. The zero-order valence-corrected chi connectivity index (χ0v) is 11.3. The Hall–Kier alpha value is -1.28. The summed E-state index contributed by atoms with van der Waals surface area (Å²) in [6.07, 6.45) is 7.78. The quantitative estimate of drug-likeness (QED) is 0.613. The van der Waals surface area contributed by atoms with E-state index in [-0.39, 0.29) is 5.97 Å². The first kappa shape index (κ1) is 13.2. The van der Waals surface area contributed by atoms with Crippen molar-refractivity contribution in [3.05, 3.63) is 39.9 Å². The molecule has 96 valence electrons. The molecule has 0 aliphatic heterocycles. The summed E-state index contributed by atoms with van der Waals surface area (Å²) in [4.78, 5) is 11.3. The van der Waals surface area contributed by atoms with Crippen molar-refractivity contribution in [2.75, 3.05) is 6.61 Å². The molecule has 1 aromatic rings. The first-order valence-corrected chi connectivity index (χ1v) is 6.75. The molecule has 3 heteroatoms.